The second kappa shape index (κ2) is 5.55. The fraction of sp³-hybridized carbons (Fsp3) is 0.462. The van der Waals surface area contributed by atoms with Crippen molar-refractivity contribution in [3.63, 3.8) is 0 Å². The molecular formula is C13H17BrN2OS. The minimum absolute atomic E-state index is 0.360. The number of halogens is 1. The smallest absolute Gasteiger partial charge is 0.0630 e. The van der Waals surface area contributed by atoms with Crippen LogP contribution in [0.2, 0.25) is 0 Å². The minimum atomic E-state index is -0.360. The topological polar surface area (TPSA) is 38.0 Å². The molecule has 0 aromatic carbocycles. The lowest BCUT2D eigenvalue weighted by atomic mass is 10.0. The fourth-order valence-corrected chi connectivity index (χ4v) is 3.69. The van der Waals surface area contributed by atoms with Crippen LogP contribution in [0.1, 0.15) is 21.8 Å². The highest BCUT2D eigenvalue weighted by molar-refractivity contribution is 9.10. The van der Waals surface area contributed by atoms with E-state index in [1.165, 1.54) is 4.88 Å². The van der Waals surface area contributed by atoms with Gasteiger partial charge in [0.1, 0.15) is 0 Å². The third-order valence-corrected chi connectivity index (χ3v) is 5.16. The fourth-order valence-electron chi connectivity index (χ4n) is 2.11. The van der Waals surface area contributed by atoms with Crippen molar-refractivity contribution in [3.05, 3.63) is 37.7 Å². The van der Waals surface area contributed by atoms with Crippen molar-refractivity contribution in [3.8, 4) is 0 Å². The van der Waals surface area contributed by atoms with E-state index in [9.17, 15) is 5.11 Å². The van der Waals surface area contributed by atoms with Crippen molar-refractivity contribution in [2.75, 3.05) is 0 Å². The molecule has 98 valence electrons. The molecule has 3 nitrogen and oxygen atoms in total. The van der Waals surface area contributed by atoms with E-state index in [0.717, 1.165) is 21.4 Å². The maximum absolute atomic E-state index is 10.2. The van der Waals surface area contributed by atoms with E-state index >= 15 is 0 Å². The van der Waals surface area contributed by atoms with Crippen molar-refractivity contribution in [1.82, 2.24) is 9.78 Å². The van der Waals surface area contributed by atoms with E-state index in [1.54, 1.807) is 11.3 Å². The van der Waals surface area contributed by atoms with Crippen LogP contribution in [0.5, 0.6) is 0 Å². The van der Waals surface area contributed by atoms with E-state index in [-0.39, 0.29) is 6.10 Å². The molecule has 2 heterocycles. The van der Waals surface area contributed by atoms with Crippen LogP contribution in [-0.4, -0.2) is 21.0 Å². The van der Waals surface area contributed by atoms with Gasteiger partial charge in [-0.25, -0.2) is 0 Å². The van der Waals surface area contributed by atoms with E-state index in [0.29, 0.717) is 12.8 Å². The van der Waals surface area contributed by atoms with Crippen LogP contribution in [0.3, 0.4) is 0 Å². The lowest BCUT2D eigenvalue weighted by molar-refractivity contribution is 0.175. The first-order chi connectivity index (χ1) is 8.49. The highest BCUT2D eigenvalue weighted by atomic mass is 79.9. The largest absolute Gasteiger partial charge is 0.392 e. The molecule has 0 bridgehead atoms. The SMILES string of the molecule is Cc1nn(C)c(C)c1CC(O)Cc1sccc1Br. The van der Waals surface area contributed by atoms with E-state index < -0.39 is 0 Å². The Balaban J connectivity index is 2.07. The average Bonchev–Trinajstić information content (AvgIpc) is 2.79. The second-order valence-electron chi connectivity index (χ2n) is 4.53. The van der Waals surface area contributed by atoms with Gasteiger partial charge in [-0.2, -0.15) is 5.10 Å². The highest BCUT2D eigenvalue weighted by Crippen LogP contribution is 2.25. The van der Waals surface area contributed by atoms with Gasteiger partial charge in [-0.1, -0.05) is 0 Å². The Bertz CT molecular complexity index is 547. The number of hydrogen-bond donors (Lipinski definition) is 1. The number of hydrogen-bond acceptors (Lipinski definition) is 3. The zero-order valence-electron chi connectivity index (χ0n) is 10.8. The van der Waals surface area contributed by atoms with Crippen LogP contribution in [0, 0.1) is 13.8 Å². The monoisotopic (exact) mass is 328 g/mol. The molecule has 0 aliphatic carbocycles. The molecule has 0 aliphatic rings. The van der Waals surface area contributed by atoms with Crippen LogP contribution in [0.4, 0.5) is 0 Å². The van der Waals surface area contributed by atoms with Gasteiger partial charge in [0.15, 0.2) is 0 Å². The molecule has 0 amide bonds. The first kappa shape index (κ1) is 13.8. The molecule has 0 radical (unpaired) electrons. The van der Waals surface area contributed by atoms with Crippen molar-refractivity contribution in [2.24, 2.45) is 7.05 Å². The van der Waals surface area contributed by atoms with Gasteiger partial charge in [0.2, 0.25) is 0 Å². The van der Waals surface area contributed by atoms with Crippen LogP contribution in [0.15, 0.2) is 15.9 Å². The maximum atomic E-state index is 10.2. The maximum Gasteiger partial charge on any atom is 0.0630 e. The van der Waals surface area contributed by atoms with Crippen LogP contribution in [0.25, 0.3) is 0 Å². The Kier molecular flexibility index (Phi) is 4.25. The standard InChI is InChI=1S/C13H17BrN2OS/c1-8-11(9(2)16(3)15-8)6-10(17)7-13-12(14)4-5-18-13/h4-5,10,17H,6-7H2,1-3H3. The lowest BCUT2D eigenvalue weighted by Gasteiger charge is -2.10. The molecule has 18 heavy (non-hydrogen) atoms. The number of aliphatic hydroxyl groups is 1. The summed E-state index contributed by atoms with van der Waals surface area (Å²) in [5, 5.41) is 16.6. The van der Waals surface area contributed by atoms with E-state index in [1.807, 2.05) is 37.0 Å². The lowest BCUT2D eigenvalue weighted by Crippen LogP contribution is -2.14. The summed E-state index contributed by atoms with van der Waals surface area (Å²) in [6.45, 7) is 4.04. The van der Waals surface area contributed by atoms with Gasteiger partial charge >= 0.3 is 0 Å². The number of nitrogens with zero attached hydrogens (tertiary/aromatic N) is 2. The van der Waals surface area contributed by atoms with Crippen molar-refractivity contribution >= 4 is 27.3 Å². The quantitative estimate of drug-likeness (QED) is 0.936. The number of thiophene rings is 1. The molecule has 2 aromatic heterocycles. The van der Waals surface area contributed by atoms with Crippen LogP contribution in [-0.2, 0) is 19.9 Å². The Morgan fingerprint density at radius 2 is 2.17 bits per heavy atom. The van der Waals surface area contributed by atoms with Gasteiger partial charge in [-0.05, 0) is 46.8 Å². The molecule has 0 fully saturated rings. The van der Waals surface area contributed by atoms with Gasteiger partial charge in [0, 0.05) is 34.9 Å². The van der Waals surface area contributed by atoms with Gasteiger partial charge in [0.25, 0.3) is 0 Å². The molecule has 0 aliphatic heterocycles. The zero-order chi connectivity index (χ0) is 13.3. The second-order valence-corrected chi connectivity index (χ2v) is 6.38. The van der Waals surface area contributed by atoms with E-state index in [4.69, 9.17) is 0 Å². The summed E-state index contributed by atoms with van der Waals surface area (Å²) >= 11 is 5.17. The van der Waals surface area contributed by atoms with Crippen LogP contribution >= 0.6 is 27.3 Å². The van der Waals surface area contributed by atoms with Crippen molar-refractivity contribution in [1.29, 1.82) is 0 Å². The number of rotatable bonds is 4. The van der Waals surface area contributed by atoms with Gasteiger partial charge in [-0.15, -0.1) is 11.3 Å². The summed E-state index contributed by atoms with van der Waals surface area (Å²) in [4.78, 5) is 1.20. The molecule has 0 saturated heterocycles. The number of aromatic nitrogens is 2. The molecule has 1 N–H and O–H groups in total. The molecular weight excluding hydrogens is 312 g/mol. The first-order valence-corrected chi connectivity index (χ1v) is 7.55. The van der Waals surface area contributed by atoms with Crippen molar-refractivity contribution in [2.45, 2.75) is 32.8 Å². The molecule has 2 rings (SSSR count). The molecule has 1 unspecified atom stereocenters. The van der Waals surface area contributed by atoms with Gasteiger partial charge in [0.05, 0.1) is 11.8 Å². The van der Waals surface area contributed by atoms with Gasteiger partial charge < -0.3 is 5.11 Å². The van der Waals surface area contributed by atoms with Crippen LogP contribution < -0.4 is 0 Å². The molecule has 2 aromatic rings. The Morgan fingerprint density at radius 1 is 1.44 bits per heavy atom. The Morgan fingerprint density at radius 3 is 2.67 bits per heavy atom. The predicted octanol–water partition coefficient (Wildman–Crippen LogP) is 3.01. The summed E-state index contributed by atoms with van der Waals surface area (Å²) < 4.78 is 2.96. The normalized spacial score (nSPS) is 12.9. The zero-order valence-corrected chi connectivity index (χ0v) is 13.2. The number of aliphatic hydroxyl groups excluding tert-OH is 1. The first-order valence-electron chi connectivity index (χ1n) is 5.88. The summed E-state index contributed by atoms with van der Waals surface area (Å²) in [6.07, 6.45) is 0.989. The molecule has 0 spiro atoms. The van der Waals surface area contributed by atoms with Gasteiger partial charge in [-0.3, -0.25) is 4.68 Å². The third kappa shape index (κ3) is 2.84. The summed E-state index contributed by atoms with van der Waals surface area (Å²) in [5.74, 6) is 0. The molecule has 0 saturated carbocycles. The average molecular weight is 329 g/mol. The summed E-state index contributed by atoms with van der Waals surface area (Å²) in [6, 6.07) is 2.02. The molecule has 1 atom stereocenters. The van der Waals surface area contributed by atoms with E-state index in [2.05, 4.69) is 21.0 Å². The van der Waals surface area contributed by atoms with Crippen molar-refractivity contribution < 1.29 is 5.11 Å². The minimum Gasteiger partial charge on any atom is -0.392 e. The Labute approximate surface area is 120 Å². The summed E-state index contributed by atoms with van der Waals surface area (Å²) in [7, 11) is 1.94. The number of aryl methyl sites for hydroxylation is 2. The third-order valence-electron chi connectivity index (χ3n) is 3.21. The Hall–Kier alpha value is -0.650. The predicted molar refractivity (Wildman–Crippen MR) is 78.1 cm³/mol. The molecule has 5 heteroatoms. The summed E-state index contributed by atoms with van der Waals surface area (Å²) in [5.41, 5.74) is 3.31. The highest BCUT2D eigenvalue weighted by Gasteiger charge is 2.16.